The van der Waals surface area contributed by atoms with E-state index in [9.17, 15) is 0 Å². The minimum Gasteiger partial charge on any atom is -0.348 e. The van der Waals surface area contributed by atoms with Gasteiger partial charge in [0, 0.05) is 19.4 Å². The average molecular weight is 275 g/mol. The molecule has 110 valence electrons. The molecule has 0 bridgehead atoms. The van der Waals surface area contributed by atoms with Crippen LogP contribution in [0.5, 0.6) is 0 Å². The highest BCUT2D eigenvalue weighted by molar-refractivity contribution is 5.14. The predicted molar refractivity (Wildman–Crippen MR) is 79.4 cm³/mol. The maximum atomic E-state index is 5.78. The minimum absolute atomic E-state index is 0.200. The van der Waals surface area contributed by atoms with Crippen molar-refractivity contribution in [2.45, 2.75) is 44.4 Å². The molecule has 0 unspecified atom stereocenters. The SMILES string of the molecule is c1ccc(CNCCC2CCC3(CC2)OCCO3)cc1. The Kier molecular flexibility index (Phi) is 4.71. The molecule has 3 heteroatoms. The quantitative estimate of drug-likeness (QED) is 0.838. The van der Waals surface area contributed by atoms with E-state index in [2.05, 4.69) is 35.6 Å². The zero-order valence-electron chi connectivity index (χ0n) is 12.1. The molecule has 0 aromatic heterocycles. The lowest BCUT2D eigenvalue weighted by atomic mass is 9.83. The van der Waals surface area contributed by atoms with Gasteiger partial charge in [-0.25, -0.2) is 0 Å². The molecule has 3 nitrogen and oxygen atoms in total. The summed E-state index contributed by atoms with van der Waals surface area (Å²) in [7, 11) is 0. The first-order chi connectivity index (χ1) is 9.86. The van der Waals surface area contributed by atoms with E-state index in [4.69, 9.17) is 9.47 Å². The number of benzene rings is 1. The van der Waals surface area contributed by atoms with Gasteiger partial charge in [0.25, 0.3) is 0 Å². The van der Waals surface area contributed by atoms with Gasteiger partial charge < -0.3 is 14.8 Å². The highest BCUT2D eigenvalue weighted by Crippen LogP contribution is 2.39. The molecule has 2 fully saturated rings. The molecular formula is C17H25NO2. The largest absolute Gasteiger partial charge is 0.348 e. The molecule has 0 atom stereocenters. The Bertz CT molecular complexity index is 391. The smallest absolute Gasteiger partial charge is 0.168 e. The first-order valence-electron chi connectivity index (χ1n) is 7.89. The molecular weight excluding hydrogens is 250 g/mol. The van der Waals surface area contributed by atoms with E-state index < -0.39 is 0 Å². The predicted octanol–water partition coefficient (Wildman–Crippen LogP) is 3.10. The summed E-state index contributed by atoms with van der Waals surface area (Å²) >= 11 is 0. The summed E-state index contributed by atoms with van der Waals surface area (Å²) in [6, 6.07) is 10.6. The van der Waals surface area contributed by atoms with Crippen LogP contribution in [0.1, 0.15) is 37.7 Å². The van der Waals surface area contributed by atoms with Crippen molar-refractivity contribution in [1.82, 2.24) is 5.32 Å². The summed E-state index contributed by atoms with van der Waals surface area (Å²) in [4.78, 5) is 0. The van der Waals surface area contributed by atoms with Crippen molar-refractivity contribution in [2.75, 3.05) is 19.8 Å². The monoisotopic (exact) mass is 275 g/mol. The lowest BCUT2D eigenvalue weighted by molar-refractivity contribution is -0.182. The first-order valence-corrected chi connectivity index (χ1v) is 7.89. The minimum atomic E-state index is -0.200. The van der Waals surface area contributed by atoms with Crippen LogP contribution in [0.3, 0.4) is 0 Å². The molecule has 1 N–H and O–H groups in total. The molecule has 3 rings (SSSR count). The van der Waals surface area contributed by atoms with Crippen LogP contribution in [0.15, 0.2) is 30.3 Å². The van der Waals surface area contributed by atoms with Gasteiger partial charge in [0.2, 0.25) is 0 Å². The highest BCUT2D eigenvalue weighted by atomic mass is 16.7. The maximum absolute atomic E-state index is 5.78. The van der Waals surface area contributed by atoms with Gasteiger partial charge in [-0.15, -0.1) is 0 Å². The molecule has 1 spiro atoms. The summed E-state index contributed by atoms with van der Waals surface area (Å²) in [5.74, 6) is 0.630. The molecule has 1 saturated heterocycles. The summed E-state index contributed by atoms with van der Waals surface area (Å²) in [5.41, 5.74) is 1.36. The zero-order chi connectivity index (χ0) is 13.7. The summed E-state index contributed by atoms with van der Waals surface area (Å²) in [5, 5.41) is 3.55. The Morgan fingerprint density at radius 2 is 1.75 bits per heavy atom. The summed E-state index contributed by atoms with van der Waals surface area (Å²) in [6.45, 7) is 3.64. The molecule has 0 amide bonds. The van der Waals surface area contributed by atoms with Gasteiger partial charge in [0.1, 0.15) is 0 Å². The number of ether oxygens (including phenoxy) is 2. The fraction of sp³-hybridized carbons (Fsp3) is 0.647. The molecule has 1 aliphatic heterocycles. The van der Waals surface area contributed by atoms with Crippen molar-refractivity contribution >= 4 is 0 Å². The zero-order valence-corrected chi connectivity index (χ0v) is 12.1. The van der Waals surface area contributed by atoms with E-state index in [1.165, 1.54) is 24.8 Å². The van der Waals surface area contributed by atoms with E-state index in [-0.39, 0.29) is 5.79 Å². The molecule has 1 saturated carbocycles. The van der Waals surface area contributed by atoms with E-state index in [1.54, 1.807) is 0 Å². The van der Waals surface area contributed by atoms with Crippen molar-refractivity contribution < 1.29 is 9.47 Å². The Morgan fingerprint density at radius 3 is 2.45 bits per heavy atom. The van der Waals surface area contributed by atoms with Crippen molar-refractivity contribution in [3.05, 3.63) is 35.9 Å². The third-order valence-corrected chi connectivity index (χ3v) is 4.58. The van der Waals surface area contributed by atoms with Gasteiger partial charge in [-0.1, -0.05) is 30.3 Å². The second kappa shape index (κ2) is 6.70. The second-order valence-electron chi connectivity index (χ2n) is 6.00. The molecule has 20 heavy (non-hydrogen) atoms. The maximum Gasteiger partial charge on any atom is 0.168 e. The van der Waals surface area contributed by atoms with Gasteiger partial charge in [0.15, 0.2) is 5.79 Å². The fourth-order valence-corrected chi connectivity index (χ4v) is 3.33. The van der Waals surface area contributed by atoms with Gasteiger partial charge in [-0.3, -0.25) is 0 Å². The lowest BCUT2D eigenvalue weighted by Crippen LogP contribution is -2.35. The van der Waals surface area contributed by atoms with Gasteiger partial charge in [-0.05, 0) is 37.3 Å². The van der Waals surface area contributed by atoms with E-state index >= 15 is 0 Å². The Hall–Kier alpha value is -0.900. The van der Waals surface area contributed by atoms with Crippen molar-refractivity contribution in [2.24, 2.45) is 5.92 Å². The molecule has 1 aromatic carbocycles. The fourth-order valence-electron chi connectivity index (χ4n) is 3.33. The Labute approximate surface area is 121 Å². The molecule has 1 aromatic rings. The topological polar surface area (TPSA) is 30.5 Å². The van der Waals surface area contributed by atoms with Crippen molar-refractivity contribution in [1.29, 1.82) is 0 Å². The Balaban J connectivity index is 1.32. The number of hydrogen-bond donors (Lipinski definition) is 1. The van der Waals surface area contributed by atoms with E-state index in [1.807, 2.05) is 0 Å². The van der Waals surface area contributed by atoms with Crippen LogP contribution < -0.4 is 5.32 Å². The lowest BCUT2D eigenvalue weighted by Gasteiger charge is -2.35. The normalized spacial score (nSPS) is 22.4. The van der Waals surface area contributed by atoms with Crippen LogP contribution in [-0.2, 0) is 16.0 Å². The molecule has 2 aliphatic rings. The Morgan fingerprint density at radius 1 is 1.05 bits per heavy atom. The van der Waals surface area contributed by atoms with Crippen LogP contribution in [0, 0.1) is 5.92 Å². The number of rotatable bonds is 5. The highest BCUT2D eigenvalue weighted by Gasteiger charge is 2.39. The van der Waals surface area contributed by atoms with Crippen LogP contribution >= 0.6 is 0 Å². The third-order valence-electron chi connectivity index (χ3n) is 4.58. The second-order valence-corrected chi connectivity index (χ2v) is 6.00. The van der Waals surface area contributed by atoms with E-state index in [0.717, 1.165) is 45.1 Å². The summed E-state index contributed by atoms with van der Waals surface area (Å²) < 4.78 is 11.6. The van der Waals surface area contributed by atoms with E-state index in [0.29, 0.717) is 0 Å². The van der Waals surface area contributed by atoms with Crippen molar-refractivity contribution in [3.8, 4) is 0 Å². The van der Waals surface area contributed by atoms with Crippen LogP contribution in [0.4, 0.5) is 0 Å². The average Bonchev–Trinajstić information content (AvgIpc) is 2.95. The first kappa shape index (κ1) is 14.1. The van der Waals surface area contributed by atoms with Gasteiger partial charge in [-0.2, -0.15) is 0 Å². The standard InChI is InChI=1S/C17H25NO2/c1-2-4-16(5-3-1)14-18-11-8-15-6-9-17(10-7-15)19-12-13-20-17/h1-5,15,18H,6-14H2. The molecule has 1 heterocycles. The van der Waals surface area contributed by atoms with Crippen molar-refractivity contribution in [3.63, 3.8) is 0 Å². The third kappa shape index (κ3) is 3.60. The van der Waals surface area contributed by atoms with Gasteiger partial charge >= 0.3 is 0 Å². The number of nitrogens with one attached hydrogen (secondary N) is 1. The number of hydrogen-bond acceptors (Lipinski definition) is 3. The molecule has 1 aliphatic carbocycles. The summed E-state index contributed by atoms with van der Waals surface area (Å²) in [6.07, 6.45) is 5.91. The van der Waals surface area contributed by atoms with Crippen LogP contribution in [-0.4, -0.2) is 25.5 Å². The molecule has 0 radical (unpaired) electrons. The van der Waals surface area contributed by atoms with Crippen LogP contribution in [0.2, 0.25) is 0 Å². The van der Waals surface area contributed by atoms with Gasteiger partial charge in [0.05, 0.1) is 13.2 Å². The van der Waals surface area contributed by atoms with Crippen LogP contribution in [0.25, 0.3) is 0 Å².